The smallest absolute Gasteiger partial charge is 0.123 e. The standard InChI is InChI=1S/C12H16N2O3/c1-9-6-11-10(8-13-14-11)7-12(9)17-5-4-16-3-2-15/h6-8,15H,2-5H2,1H3,(H,13,14). The Balaban J connectivity index is 1.95. The van der Waals surface area contributed by atoms with Crippen LogP contribution in [0.15, 0.2) is 18.3 Å². The summed E-state index contributed by atoms with van der Waals surface area (Å²) in [5, 5.41) is 16.5. The molecule has 2 aromatic rings. The molecule has 0 amide bonds. The summed E-state index contributed by atoms with van der Waals surface area (Å²) in [5.41, 5.74) is 2.07. The second kappa shape index (κ2) is 5.65. The van der Waals surface area contributed by atoms with Gasteiger partial charge in [-0.05, 0) is 24.6 Å². The van der Waals surface area contributed by atoms with Crippen LogP contribution in [-0.2, 0) is 4.74 Å². The van der Waals surface area contributed by atoms with Crippen molar-refractivity contribution in [2.45, 2.75) is 6.92 Å². The largest absolute Gasteiger partial charge is 0.491 e. The van der Waals surface area contributed by atoms with Gasteiger partial charge in [-0.3, -0.25) is 5.10 Å². The monoisotopic (exact) mass is 236 g/mol. The minimum atomic E-state index is 0.0417. The average molecular weight is 236 g/mol. The summed E-state index contributed by atoms with van der Waals surface area (Å²) in [5.74, 6) is 0.839. The molecule has 2 rings (SSSR count). The molecular formula is C12H16N2O3. The number of hydrogen-bond donors (Lipinski definition) is 2. The van der Waals surface area contributed by atoms with Crippen LogP contribution in [0.25, 0.3) is 10.9 Å². The van der Waals surface area contributed by atoms with Gasteiger partial charge in [0.1, 0.15) is 12.4 Å². The van der Waals surface area contributed by atoms with Crippen molar-refractivity contribution in [1.82, 2.24) is 10.2 Å². The van der Waals surface area contributed by atoms with Crippen LogP contribution in [0, 0.1) is 6.92 Å². The lowest BCUT2D eigenvalue weighted by Crippen LogP contribution is -2.09. The van der Waals surface area contributed by atoms with E-state index in [2.05, 4.69) is 10.2 Å². The zero-order chi connectivity index (χ0) is 12.1. The van der Waals surface area contributed by atoms with E-state index < -0.39 is 0 Å². The summed E-state index contributed by atoms with van der Waals surface area (Å²) in [6.07, 6.45) is 1.77. The van der Waals surface area contributed by atoms with Gasteiger partial charge in [0.05, 0.1) is 31.5 Å². The van der Waals surface area contributed by atoms with E-state index in [1.165, 1.54) is 0 Å². The average Bonchev–Trinajstić information content (AvgIpc) is 2.76. The molecule has 0 saturated heterocycles. The van der Waals surface area contributed by atoms with Crippen molar-refractivity contribution in [1.29, 1.82) is 0 Å². The normalized spacial score (nSPS) is 10.9. The van der Waals surface area contributed by atoms with Gasteiger partial charge in [-0.2, -0.15) is 5.10 Å². The van der Waals surface area contributed by atoms with Crippen LogP contribution in [0.1, 0.15) is 5.56 Å². The van der Waals surface area contributed by atoms with Crippen molar-refractivity contribution in [3.05, 3.63) is 23.9 Å². The molecule has 1 aromatic carbocycles. The Morgan fingerprint density at radius 1 is 1.29 bits per heavy atom. The summed E-state index contributed by atoms with van der Waals surface area (Å²) in [6.45, 7) is 3.33. The topological polar surface area (TPSA) is 67.4 Å². The van der Waals surface area contributed by atoms with E-state index in [0.717, 1.165) is 22.2 Å². The molecule has 17 heavy (non-hydrogen) atoms. The highest BCUT2D eigenvalue weighted by molar-refractivity contribution is 5.80. The lowest BCUT2D eigenvalue weighted by molar-refractivity contribution is 0.0704. The molecule has 0 spiro atoms. The number of benzene rings is 1. The molecule has 1 aromatic heterocycles. The fourth-order valence-corrected chi connectivity index (χ4v) is 1.61. The fraction of sp³-hybridized carbons (Fsp3) is 0.417. The first-order valence-corrected chi connectivity index (χ1v) is 5.56. The Kier molecular flexibility index (Phi) is 3.95. The van der Waals surface area contributed by atoms with Crippen LogP contribution in [0.3, 0.4) is 0 Å². The molecule has 0 aliphatic rings. The molecular weight excluding hydrogens is 220 g/mol. The van der Waals surface area contributed by atoms with E-state index in [9.17, 15) is 0 Å². The molecule has 0 aliphatic heterocycles. The minimum absolute atomic E-state index is 0.0417. The predicted octanol–water partition coefficient (Wildman–Crippen LogP) is 1.26. The van der Waals surface area contributed by atoms with Crippen LogP contribution in [0.2, 0.25) is 0 Å². The third-order valence-corrected chi connectivity index (χ3v) is 2.46. The molecule has 0 radical (unpaired) electrons. The quantitative estimate of drug-likeness (QED) is 0.741. The molecule has 0 aliphatic carbocycles. The van der Waals surface area contributed by atoms with Gasteiger partial charge in [-0.1, -0.05) is 0 Å². The second-order valence-corrected chi connectivity index (χ2v) is 3.76. The van der Waals surface area contributed by atoms with Crippen LogP contribution in [0.4, 0.5) is 0 Å². The maximum Gasteiger partial charge on any atom is 0.123 e. The van der Waals surface area contributed by atoms with E-state index in [1.807, 2.05) is 19.1 Å². The van der Waals surface area contributed by atoms with E-state index in [4.69, 9.17) is 14.6 Å². The van der Waals surface area contributed by atoms with E-state index in [1.54, 1.807) is 6.20 Å². The van der Waals surface area contributed by atoms with Gasteiger partial charge in [0, 0.05) is 5.39 Å². The third-order valence-electron chi connectivity index (χ3n) is 2.46. The second-order valence-electron chi connectivity index (χ2n) is 3.76. The van der Waals surface area contributed by atoms with Gasteiger partial charge in [-0.25, -0.2) is 0 Å². The van der Waals surface area contributed by atoms with E-state index in [0.29, 0.717) is 19.8 Å². The third kappa shape index (κ3) is 2.95. The van der Waals surface area contributed by atoms with Crippen molar-refractivity contribution < 1.29 is 14.6 Å². The summed E-state index contributed by atoms with van der Waals surface area (Å²) < 4.78 is 10.7. The lowest BCUT2D eigenvalue weighted by atomic mass is 10.1. The maximum absolute atomic E-state index is 8.55. The number of aryl methyl sites for hydroxylation is 1. The van der Waals surface area contributed by atoms with Gasteiger partial charge < -0.3 is 14.6 Å². The molecule has 5 nitrogen and oxygen atoms in total. The number of fused-ring (bicyclic) bond motifs is 1. The van der Waals surface area contributed by atoms with Crippen LogP contribution in [0.5, 0.6) is 5.75 Å². The van der Waals surface area contributed by atoms with Crippen molar-refractivity contribution in [3.63, 3.8) is 0 Å². The predicted molar refractivity (Wildman–Crippen MR) is 64.2 cm³/mol. The molecule has 0 atom stereocenters. The zero-order valence-corrected chi connectivity index (χ0v) is 9.77. The van der Waals surface area contributed by atoms with Crippen molar-refractivity contribution in [3.8, 4) is 5.75 Å². The Morgan fingerprint density at radius 3 is 3.00 bits per heavy atom. The van der Waals surface area contributed by atoms with Crippen molar-refractivity contribution >= 4 is 10.9 Å². The molecule has 2 N–H and O–H groups in total. The van der Waals surface area contributed by atoms with Crippen molar-refractivity contribution in [2.75, 3.05) is 26.4 Å². The summed E-state index contributed by atoms with van der Waals surface area (Å²) >= 11 is 0. The SMILES string of the molecule is Cc1cc2[nH]ncc2cc1OCCOCCO. The number of hydrogen-bond acceptors (Lipinski definition) is 4. The number of nitrogens with zero attached hydrogens (tertiary/aromatic N) is 1. The van der Waals surface area contributed by atoms with Crippen molar-refractivity contribution in [2.24, 2.45) is 0 Å². The first-order valence-electron chi connectivity index (χ1n) is 5.56. The highest BCUT2D eigenvalue weighted by atomic mass is 16.5. The maximum atomic E-state index is 8.55. The molecule has 0 bridgehead atoms. The van der Waals surface area contributed by atoms with Gasteiger partial charge in [0.25, 0.3) is 0 Å². The highest BCUT2D eigenvalue weighted by Gasteiger charge is 2.03. The molecule has 92 valence electrons. The number of aliphatic hydroxyl groups is 1. The first kappa shape index (κ1) is 11.9. The first-order chi connectivity index (χ1) is 8.31. The Hall–Kier alpha value is -1.59. The molecule has 0 saturated carbocycles. The molecule has 0 unspecified atom stereocenters. The summed E-state index contributed by atoms with van der Waals surface area (Å²) in [7, 11) is 0. The Labute approximate surface area is 99.4 Å². The van der Waals surface area contributed by atoms with E-state index >= 15 is 0 Å². The van der Waals surface area contributed by atoms with Gasteiger partial charge in [-0.15, -0.1) is 0 Å². The van der Waals surface area contributed by atoms with Gasteiger partial charge in [0.2, 0.25) is 0 Å². The van der Waals surface area contributed by atoms with Gasteiger partial charge in [0.15, 0.2) is 0 Å². The van der Waals surface area contributed by atoms with Gasteiger partial charge >= 0.3 is 0 Å². The number of nitrogens with one attached hydrogen (secondary N) is 1. The lowest BCUT2D eigenvalue weighted by Gasteiger charge is -2.09. The molecule has 0 fully saturated rings. The number of rotatable bonds is 6. The minimum Gasteiger partial charge on any atom is -0.491 e. The Morgan fingerprint density at radius 2 is 2.18 bits per heavy atom. The summed E-state index contributed by atoms with van der Waals surface area (Å²) in [4.78, 5) is 0. The van der Waals surface area contributed by atoms with Crippen LogP contribution >= 0.6 is 0 Å². The number of aromatic amines is 1. The van der Waals surface area contributed by atoms with E-state index in [-0.39, 0.29) is 6.61 Å². The van der Waals surface area contributed by atoms with Crippen LogP contribution in [-0.4, -0.2) is 41.7 Å². The zero-order valence-electron chi connectivity index (χ0n) is 9.77. The fourth-order valence-electron chi connectivity index (χ4n) is 1.61. The number of aromatic nitrogens is 2. The number of ether oxygens (including phenoxy) is 2. The highest BCUT2D eigenvalue weighted by Crippen LogP contribution is 2.23. The molecule has 5 heteroatoms. The summed E-state index contributed by atoms with van der Waals surface area (Å²) in [6, 6.07) is 3.96. The Bertz CT molecular complexity index is 482. The number of aliphatic hydroxyl groups excluding tert-OH is 1. The molecule has 1 heterocycles. The van der Waals surface area contributed by atoms with Crippen LogP contribution < -0.4 is 4.74 Å². The number of H-pyrrole nitrogens is 1.